The number of nitrogens with zero attached hydrogens (tertiary/aromatic N) is 4. The van der Waals surface area contributed by atoms with Crippen molar-refractivity contribution in [2.75, 3.05) is 62.0 Å². The number of hydrogen-bond acceptors (Lipinski definition) is 5. The Bertz CT molecular complexity index is 1370. The standard InChI is InChI=1S/C32H34N4S/c1-33-18-20-36(21-19-33)26-16-13-24(14-17-26)12-15-25-22-27(34(2)29-9-5-4-8-28(25)29)23-32-35(3)30-10-6-7-11-31(30)37-32/h4-17,22-23,27H,18-21H2,1-3H3/b15-12+,32-23-. The molecule has 3 aliphatic rings. The molecule has 1 unspecified atom stereocenters. The van der Waals surface area contributed by atoms with Gasteiger partial charge in [0.1, 0.15) is 0 Å². The summed E-state index contributed by atoms with van der Waals surface area (Å²) in [4.78, 5) is 10.9. The van der Waals surface area contributed by atoms with Crippen molar-refractivity contribution < 1.29 is 0 Å². The van der Waals surface area contributed by atoms with Crippen LogP contribution in [-0.2, 0) is 0 Å². The number of anilines is 3. The van der Waals surface area contributed by atoms with Gasteiger partial charge < -0.3 is 19.6 Å². The average molecular weight is 507 g/mol. The number of benzene rings is 3. The summed E-state index contributed by atoms with van der Waals surface area (Å²) in [6.07, 6.45) is 9.31. The maximum atomic E-state index is 2.48. The van der Waals surface area contributed by atoms with Crippen LogP contribution in [0.1, 0.15) is 11.1 Å². The normalized spacial score (nSPS) is 20.9. The van der Waals surface area contributed by atoms with E-state index < -0.39 is 0 Å². The highest BCUT2D eigenvalue weighted by Gasteiger charge is 2.26. The van der Waals surface area contributed by atoms with E-state index in [2.05, 4.69) is 138 Å². The van der Waals surface area contributed by atoms with Crippen molar-refractivity contribution in [2.45, 2.75) is 10.9 Å². The fourth-order valence-electron chi connectivity index (χ4n) is 5.34. The maximum Gasteiger partial charge on any atom is 0.0782 e. The Hall–Kier alpha value is -3.41. The lowest BCUT2D eigenvalue weighted by molar-refractivity contribution is 0.313. The molecule has 0 N–H and O–H groups in total. The molecule has 5 heteroatoms. The van der Waals surface area contributed by atoms with Crippen LogP contribution in [-0.4, -0.2) is 58.3 Å². The molecule has 3 heterocycles. The lowest BCUT2D eigenvalue weighted by Crippen LogP contribution is -2.44. The molecule has 1 saturated heterocycles. The third-order valence-electron chi connectivity index (χ3n) is 7.69. The van der Waals surface area contributed by atoms with Gasteiger partial charge in [0.05, 0.1) is 16.8 Å². The number of para-hydroxylation sites is 2. The Morgan fingerprint density at radius 2 is 1.46 bits per heavy atom. The van der Waals surface area contributed by atoms with Gasteiger partial charge in [-0.2, -0.15) is 0 Å². The molecule has 0 radical (unpaired) electrons. The Labute approximate surface area is 225 Å². The van der Waals surface area contributed by atoms with E-state index in [9.17, 15) is 0 Å². The second kappa shape index (κ2) is 10.2. The predicted octanol–water partition coefficient (Wildman–Crippen LogP) is 6.44. The molecule has 0 amide bonds. The van der Waals surface area contributed by atoms with Crippen molar-refractivity contribution in [3.8, 4) is 0 Å². The molecule has 0 aliphatic carbocycles. The van der Waals surface area contributed by atoms with Gasteiger partial charge in [0.15, 0.2) is 0 Å². The van der Waals surface area contributed by atoms with E-state index in [0.29, 0.717) is 0 Å². The molecule has 3 aromatic rings. The number of thioether (sulfide) groups is 1. The zero-order valence-electron chi connectivity index (χ0n) is 21.8. The summed E-state index contributed by atoms with van der Waals surface area (Å²) in [6, 6.07) is 26.5. The smallest absolute Gasteiger partial charge is 0.0782 e. The van der Waals surface area contributed by atoms with Gasteiger partial charge in [-0.25, -0.2) is 0 Å². The Morgan fingerprint density at radius 1 is 0.757 bits per heavy atom. The SMILES string of the molecule is CN1CCN(c2ccc(/C=C/C3=CC(/C=C4\Sc5ccccc5N4C)N(C)c4ccccc43)cc2)CC1. The van der Waals surface area contributed by atoms with Crippen LogP contribution in [0.15, 0.2) is 101 Å². The van der Waals surface area contributed by atoms with Gasteiger partial charge >= 0.3 is 0 Å². The third kappa shape index (κ3) is 4.81. The first kappa shape index (κ1) is 24.0. The van der Waals surface area contributed by atoms with E-state index >= 15 is 0 Å². The van der Waals surface area contributed by atoms with Crippen LogP contribution in [0, 0.1) is 0 Å². The van der Waals surface area contributed by atoms with E-state index in [1.54, 1.807) is 0 Å². The first-order valence-electron chi connectivity index (χ1n) is 13.0. The Kier molecular flexibility index (Phi) is 6.58. The molecule has 4 nitrogen and oxygen atoms in total. The van der Waals surface area contributed by atoms with Gasteiger partial charge in [0.2, 0.25) is 0 Å². The molecular weight excluding hydrogens is 472 g/mol. The van der Waals surface area contributed by atoms with Crippen LogP contribution in [0.2, 0.25) is 0 Å². The number of rotatable bonds is 4. The zero-order valence-corrected chi connectivity index (χ0v) is 22.7. The monoisotopic (exact) mass is 506 g/mol. The largest absolute Gasteiger partial charge is 0.369 e. The molecule has 1 atom stereocenters. The van der Waals surface area contributed by atoms with Crippen molar-refractivity contribution >= 4 is 40.5 Å². The quantitative estimate of drug-likeness (QED) is 0.403. The number of allylic oxidation sites excluding steroid dienone is 2. The van der Waals surface area contributed by atoms with E-state index in [-0.39, 0.29) is 6.04 Å². The number of piperazine rings is 1. The van der Waals surface area contributed by atoms with Crippen molar-refractivity contribution in [1.82, 2.24) is 4.90 Å². The van der Waals surface area contributed by atoms with Crippen LogP contribution in [0.5, 0.6) is 0 Å². The Balaban J connectivity index is 1.26. The Morgan fingerprint density at radius 3 is 2.22 bits per heavy atom. The van der Waals surface area contributed by atoms with Crippen LogP contribution < -0.4 is 14.7 Å². The van der Waals surface area contributed by atoms with Gasteiger partial charge in [-0.1, -0.05) is 72.5 Å². The topological polar surface area (TPSA) is 13.0 Å². The van der Waals surface area contributed by atoms with E-state index in [4.69, 9.17) is 0 Å². The van der Waals surface area contributed by atoms with Crippen LogP contribution in [0.4, 0.5) is 17.1 Å². The van der Waals surface area contributed by atoms with Crippen LogP contribution in [0.25, 0.3) is 11.6 Å². The van der Waals surface area contributed by atoms with Crippen molar-refractivity contribution in [3.63, 3.8) is 0 Å². The number of hydrogen-bond donors (Lipinski definition) is 0. The van der Waals surface area contributed by atoms with E-state index in [0.717, 1.165) is 26.2 Å². The van der Waals surface area contributed by atoms with Gasteiger partial charge in [-0.15, -0.1) is 0 Å². The molecule has 6 rings (SSSR count). The molecule has 3 aliphatic heterocycles. The molecule has 188 valence electrons. The van der Waals surface area contributed by atoms with Crippen molar-refractivity contribution in [3.05, 3.63) is 107 Å². The highest BCUT2D eigenvalue weighted by atomic mass is 32.2. The van der Waals surface area contributed by atoms with Gasteiger partial charge in [0.25, 0.3) is 0 Å². The second-order valence-corrected chi connectivity index (χ2v) is 11.2. The minimum Gasteiger partial charge on any atom is -0.369 e. The third-order valence-corrected chi connectivity index (χ3v) is 8.88. The maximum absolute atomic E-state index is 2.48. The summed E-state index contributed by atoms with van der Waals surface area (Å²) in [5, 5.41) is 1.27. The van der Waals surface area contributed by atoms with Crippen LogP contribution >= 0.6 is 11.8 Å². The summed E-state index contributed by atoms with van der Waals surface area (Å²) in [5.74, 6) is 0. The summed E-state index contributed by atoms with van der Waals surface area (Å²) in [7, 11) is 6.56. The minimum atomic E-state index is 0.174. The molecule has 0 aromatic heterocycles. The first-order chi connectivity index (χ1) is 18.1. The molecule has 0 bridgehead atoms. The summed E-state index contributed by atoms with van der Waals surface area (Å²) in [5.41, 5.74) is 7.64. The number of likely N-dealkylation sites (N-methyl/N-ethyl adjacent to an activating group) is 2. The van der Waals surface area contributed by atoms with E-state index in [1.165, 1.54) is 43.7 Å². The predicted molar refractivity (Wildman–Crippen MR) is 161 cm³/mol. The van der Waals surface area contributed by atoms with Crippen LogP contribution in [0.3, 0.4) is 0 Å². The molecule has 37 heavy (non-hydrogen) atoms. The molecular formula is C32H34N4S. The summed E-state index contributed by atoms with van der Waals surface area (Å²) < 4.78 is 0. The van der Waals surface area contributed by atoms with Gasteiger partial charge in [-0.3, -0.25) is 0 Å². The molecule has 3 aromatic carbocycles. The average Bonchev–Trinajstić information content (AvgIpc) is 3.25. The lowest BCUT2D eigenvalue weighted by Gasteiger charge is -2.34. The van der Waals surface area contributed by atoms with Gasteiger partial charge in [0, 0.05) is 62.1 Å². The van der Waals surface area contributed by atoms with Gasteiger partial charge in [-0.05, 0) is 54.6 Å². The fraction of sp³-hybridized carbons (Fsp3) is 0.250. The summed E-state index contributed by atoms with van der Waals surface area (Å²) in [6.45, 7) is 4.44. The summed E-state index contributed by atoms with van der Waals surface area (Å²) >= 11 is 1.85. The second-order valence-electron chi connectivity index (χ2n) is 10.1. The zero-order chi connectivity index (χ0) is 25.4. The van der Waals surface area contributed by atoms with E-state index in [1.807, 2.05) is 11.8 Å². The molecule has 1 fully saturated rings. The molecule has 0 spiro atoms. The molecule has 0 saturated carbocycles. The lowest BCUT2D eigenvalue weighted by atomic mass is 9.94. The van der Waals surface area contributed by atoms with Crippen molar-refractivity contribution in [2.24, 2.45) is 0 Å². The van der Waals surface area contributed by atoms with Crippen molar-refractivity contribution in [1.29, 1.82) is 0 Å². The fourth-order valence-corrected chi connectivity index (χ4v) is 6.46. The number of fused-ring (bicyclic) bond motifs is 2. The minimum absolute atomic E-state index is 0.174. The highest BCUT2D eigenvalue weighted by molar-refractivity contribution is 8.03. The highest BCUT2D eigenvalue weighted by Crippen LogP contribution is 2.45. The first-order valence-corrected chi connectivity index (χ1v) is 13.9.